The lowest BCUT2D eigenvalue weighted by molar-refractivity contribution is -0.124. The number of amides is 1. The highest BCUT2D eigenvalue weighted by molar-refractivity contribution is 7.71. The van der Waals surface area contributed by atoms with Crippen LogP contribution in [0.25, 0.3) is 11.0 Å². The van der Waals surface area contributed by atoms with Gasteiger partial charge in [0.2, 0.25) is 5.91 Å². The van der Waals surface area contributed by atoms with Gasteiger partial charge in [-0.05, 0) is 31.3 Å². The van der Waals surface area contributed by atoms with Crippen LogP contribution in [0, 0.1) is 16.4 Å². The van der Waals surface area contributed by atoms with Crippen molar-refractivity contribution in [3.63, 3.8) is 0 Å². The molecule has 114 valence electrons. The van der Waals surface area contributed by atoms with E-state index >= 15 is 0 Å². The fourth-order valence-corrected chi connectivity index (χ4v) is 2.42. The van der Waals surface area contributed by atoms with E-state index in [0.29, 0.717) is 18.7 Å². The van der Waals surface area contributed by atoms with Gasteiger partial charge in [0.05, 0.1) is 12.1 Å². The number of nitrogens with zero attached hydrogens (tertiary/aromatic N) is 1. The number of benzene rings is 1. The first-order chi connectivity index (χ1) is 9.97. The largest absolute Gasteiger partial charge is 0.383 e. The van der Waals surface area contributed by atoms with Gasteiger partial charge in [-0.25, -0.2) is 8.78 Å². The predicted molar refractivity (Wildman–Crippen MR) is 76.6 cm³/mol. The third-order valence-corrected chi connectivity index (χ3v) is 3.44. The fraction of sp³-hybridized carbons (Fsp3) is 0.385. The molecule has 1 aromatic heterocycles. The first-order valence-corrected chi connectivity index (χ1v) is 6.73. The van der Waals surface area contributed by atoms with E-state index in [0.717, 1.165) is 6.07 Å². The molecule has 0 bridgehead atoms. The molecule has 0 spiro atoms. The van der Waals surface area contributed by atoms with Crippen LogP contribution in [0.3, 0.4) is 0 Å². The van der Waals surface area contributed by atoms with Crippen molar-refractivity contribution in [2.75, 3.05) is 20.3 Å². The second-order valence-electron chi connectivity index (χ2n) is 4.52. The first kappa shape index (κ1) is 15.6. The third kappa shape index (κ3) is 2.96. The average molecular weight is 315 g/mol. The average Bonchev–Trinajstić information content (AvgIpc) is 2.79. The van der Waals surface area contributed by atoms with Crippen molar-refractivity contribution in [1.82, 2.24) is 14.9 Å². The van der Waals surface area contributed by atoms with Crippen LogP contribution in [0.4, 0.5) is 8.78 Å². The van der Waals surface area contributed by atoms with Gasteiger partial charge in [0, 0.05) is 13.7 Å². The summed E-state index contributed by atoms with van der Waals surface area (Å²) in [5.41, 5.74) is 0.296. The van der Waals surface area contributed by atoms with Crippen LogP contribution in [-0.4, -0.2) is 35.7 Å². The van der Waals surface area contributed by atoms with Crippen LogP contribution in [0.5, 0.6) is 0 Å². The highest BCUT2D eigenvalue weighted by Gasteiger charge is 2.21. The Labute approximate surface area is 124 Å². The van der Waals surface area contributed by atoms with E-state index in [9.17, 15) is 13.6 Å². The molecular weight excluding hydrogens is 300 g/mol. The summed E-state index contributed by atoms with van der Waals surface area (Å²) < 4.78 is 33.6. The molecule has 2 aromatic rings. The number of carbonyl (C=O) groups excluding carboxylic acids is 1. The number of aromatic amines is 1. The highest BCUT2D eigenvalue weighted by atomic mass is 32.1. The summed E-state index contributed by atoms with van der Waals surface area (Å²) in [5.74, 6) is -2.37. The highest BCUT2D eigenvalue weighted by Crippen LogP contribution is 2.23. The van der Waals surface area contributed by atoms with Gasteiger partial charge in [0.15, 0.2) is 16.4 Å². The predicted octanol–water partition coefficient (Wildman–Crippen LogP) is 2.30. The zero-order valence-corrected chi connectivity index (χ0v) is 12.4. The zero-order chi connectivity index (χ0) is 15.6. The molecule has 0 fully saturated rings. The zero-order valence-electron chi connectivity index (χ0n) is 11.6. The van der Waals surface area contributed by atoms with E-state index in [1.807, 2.05) is 0 Å². The lowest BCUT2D eigenvalue weighted by Gasteiger charge is -2.15. The molecule has 2 rings (SSSR count). The van der Waals surface area contributed by atoms with Crippen molar-refractivity contribution in [2.24, 2.45) is 0 Å². The molecule has 2 N–H and O–H groups in total. The van der Waals surface area contributed by atoms with Gasteiger partial charge in [-0.15, -0.1) is 0 Å². The summed E-state index contributed by atoms with van der Waals surface area (Å²) in [4.78, 5) is 14.8. The Bertz CT molecular complexity index is 726. The van der Waals surface area contributed by atoms with Crippen molar-refractivity contribution in [3.8, 4) is 0 Å². The minimum Gasteiger partial charge on any atom is -0.383 e. The Morgan fingerprint density at radius 1 is 1.52 bits per heavy atom. The monoisotopic (exact) mass is 315 g/mol. The number of halogens is 2. The van der Waals surface area contributed by atoms with Gasteiger partial charge in [0.1, 0.15) is 11.6 Å². The number of hydrogen-bond acceptors (Lipinski definition) is 3. The van der Waals surface area contributed by atoms with E-state index < -0.39 is 17.7 Å². The Morgan fingerprint density at radius 2 is 2.24 bits per heavy atom. The van der Waals surface area contributed by atoms with Gasteiger partial charge in [-0.3, -0.25) is 4.79 Å². The minimum atomic E-state index is -1.03. The van der Waals surface area contributed by atoms with Crippen molar-refractivity contribution in [1.29, 1.82) is 0 Å². The van der Waals surface area contributed by atoms with E-state index in [2.05, 4.69) is 10.3 Å². The molecular formula is C13H15F2N3O2S. The number of hydrogen-bond donors (Lipinski definition) is 2. The van der Waals surface area contributed by atoms with Crippen LogP contribution >= 0.6 is 12.2 Å². The summed E-state index contributed by atoms with van der Waals surface area (Å²) in [6.45, 7) is 2.25. The summed E-state index contributed by atoms with van der Waals surface area (Å²) in [7, 11) is 1.52. The quantitative estimate of drug-likeness (QED) is 0.657. The number of methoxy groups -OCH3 is 1. The van der Waals surface area contributed by atoms with Crippen LogP contribution in [0.2, 0.25) is 0 Å². The Kier molecular flexibility index (Phi) is 4.69. The van der Waals surface area contributed by atoms with Crippen molar-refractivity contribution in [3.05, 3.63) is 28.5 Å². The lowest BCUT2D eigenvalue weighted by Crippen LogP contribution is -2.33. The van der Waals surface area contributed by atoms with Gasteiger partial charge >= 0.3 is 0 Å². The Morgan fingerprint density at radius 3 is 2.90 bits per heavy atom. The molecule has 1 amide bonds. The topological polar surface area (TPSA) is 59.0 Å². The number of fused-ring (bicyclic) bond motifs is 1. The van der Waals surface area contributed by atoms with Crippen LogP contribution in [-0.2, 0) is 9.53 Å². The SMILES string of the molecule is COCCNC(=O)C(C)n1c(=S)[nH]c2ccc(F)c(F)c21. The molecule has 21 heavy (non-hydrogen) atoms. The number of H-pyrrole nitrogens is 1. The summed E-state index contributed by atoms with van der Waals surface area (Å²) in [6.07, 6.45) is 0. The number of carbonyl (C=O) groups is 1. The van der Waals surface area contributed by atoms with Gasteiger partial charge in [-0.1, -0.05) is 0 Å². The van der Waals surface area contributed by atoms with Crippen molar-refractivity contribution < 1.29 is 18.3 Å². The molecule has 8 heteroatoms. The molecule has 1 atom stereocenters. The summed E-state index contributed by atoms with van der Waals surface area (Å²) >= 11 is 5.10. The molecule has 0 saturated heterocycles. The maximum absolute atomic E-state index is 14.0. The maximum atomic E-state index is 14.0. The van der Waals surface area contributed by atoms with Crippen LogP contribution in [0.15, 0.2) is 12.1 Å². The van der Waals surface area contributed by atoms with Crippen LogP contribution in [0.1, 0.15) is 13.0 Å². The van der Waals surface area contributed by atoms with Gasteiger partial charge in [-0.2, -0.15) is 0 Å². The lowest BCUT2D eigenvalue weighted by atomic mass is 10.2. The van der Waals surface area contributed by atoms with E-state index in [-0.39, 0.29) is 16.2 Å². The number of imidazole rings is 1. The minimum absolute atomic E-state index is 0.0469. The Balaban J connectivity index is 2.41. The second kappa shape index (κ2) is 6.31. The molecule has 1 unspecified atom stereocenters. The summed E-state index contributed by atoms with van der Waals surface area (Å²) in [5, 5.41) is 2.64. The van der Waals surface area contributed by atoms with E-state index in [4.69, 9.17) is 17.0 Å². The molecule has 0 radical (unpaired) electrons. The van der Waals surface area contributed by atoms with Gasteiger partial charge < -0.3 is 19.6 Å². The molecule has 1 aromatic carbocycles. The second-order valence-corrected chi connectivity index (χ2v) is 4.90. The summed E-state index contributed by atoms with van der Waals surface area (Å²) in [6, 6.07) is 1.62. The van der Waals surface area contributed by atoms with E-state index in [1.165, 1.54) is 17.7 Å². The van der Waals surface area contributed by atoms with E-state index in [1.54, 1.807) is 6.92 Å². The molecule has 0 saturated carbocycles. The number of rotatable bonds is 5. The van der Waals surface area contributed by atoms with Crippen molar-refractivity contribution >= 4 is 29.2 Å². The van der Waals surface area contributed by atoms with Crippen molar-refractivity contribution in [2.45, 2.75) is 13.0 Å². The molecule has 5 nitrogen and oxygen atoms in total. The molecule has 0 aliphatic heterocycles. The standard InChI is InChI=1S/C13H15F2N3O2S/c1-7(12(19)16-5-6-20-2)18-11-9(17-13(18)21)4-3-8(14)10(11)15/h3-4,7H,5-6H2,1-2H3,(H,16,19)(H,17,21). The fourth-order valence-electron chi connectivity index (χ4n) is 2.06. The Hall–Kier alpha value is -1.80. The number of aromatic nitrogens is 2. The molecule has 0 aliphatic carbocycles. The normalized spacial score (nSPS) is 12.6. The maximum Gasteiger partial charge on any atom is 0.242 e. The number of ether oxygens (including phenoxy) is 1. The number of nitrogens with one attached hydrogen (secondary N) is 2. The third-order valence-electron chi connectivity index (χ3n) is 3.14. The first-order valence-electron chi connectivity index (χ1n) is 6.32. The van der Waals surface area contributed by atoms with Gasteiger partial charge in [0.25, 0.3) is 0 Å². The molecule has 0 aliphatic rings. The molecule has 1 heterocycles. The smallest absolute Gasteiger partial charge is 0.242 e. The van der Waals surface area contributed by atoms with Crippen LogP contribution < -0.4 is 5.32 Å².